The van der Waals surface area contributed by atoms with Gasteiger partial charge in [-0.2, -0.15) is 0 Å². The molecular weight excluding hydrogens is 270 g/mol. The third-order valence-corrected chi connectivity index (χ3v) is 3.82. The summed E-state index contributed by atoms with van der Waals surface area (Å²) in [4.78, 5) is 16.3. The Labute approximate surface area is 123 Å². The zero-order chi connectivity index (χ0) is 15.4. The highest BCUT2D eigenvalue weighted by molar-refractivity contribution is 5.98. The number of rotatable bonds is 3. The van der Waals surface area contributed by atoms with E-state index in [9.17, 15) is 4.79 Å². The molecule has 2 rings (SSSR count). The van der Waals surface area contributed by atoms with E-state index in [0.717, 1.165) is 12.8 Å². The van der Waals surface area contributed by atoms with Crippen molar-refractivity contribution >= 4 is 11.7 Å². The first-order valence-electron chi connectivity index (χ1n) is 7.06. The molecular formula is C14H21N5O2. The fourth-order valence-electron chi connectivity index (χ4n) is 2.55. The highest BCUT2D eigenvalue weighted by atomic mass is 16.4. The minimum absolute atomic E-state index is 0.0345. The Morgan fingerprint density at radius 3 is 2.62 bits per heavy atom. The lowest BCUT2D eigenvalue weighted by Crippen LogP contribution is -2.54. The maximum atomic E-state index is 12.2. The average Bonchev–Trinajstić information content (AvgIpc) is 2.50. The molecule has 1 aromatic heterocycles. The minimum Gasteiger partial charge on any atom is -0.409 e. The monoisotopic (exact) mass is 291 g/mol. The molecule has 1 aliphatic heterocycles. The van der Waals surface area contributed by atoms with Crippen molar-refractivity contribution in [3.8, 4) is 0 Å². The molecule has 0 saturated carbocycles. The molecule has 4 N–H and O–H groups in total. The zero-order valence-electron chi connectivity index (χ0n) is 12.3. The molecule has 0 aliphatic carbocycles. The van der Waals surface area contributed by atoms with Gasteiger partial charge in [0.05, 0.1) is 0 Å². The van der Waals surface area contributed by atoms with Crippen LogP contribution in [0.3, 0.4) is 0 Å². The molecule has 0 bridgehead atoms. The van der Waals surface area contributed by atoms with Gasteiger partial charge in [0.1, 0.15) is 5.69 Å². The molecule has 1 aliphatic rings. The summed E-state index contributed by atoms with van der Waals surface area (Å²) in [5.74, 6) is -0.283. The number of hydrogen-bond donors (Lipinski definition) is 3. The second-order valence-electron chi connectivity index (χ2n) is 5.39. The number of amidine groups is 1. The van der Waals surface area contributed by atoms with Gasteiger partial charge >= 0.3 is 0 Å². The number of amides is 1. The molecule has 1 aromatic rings. The van der Waals surface area contributed by atoms with Gasteiger partial charge in [-0.3, -0.25) is 15.2 Å². The molecule has 1 fully saturated rings. The van der Waals surface area contributed by atoms with Crippen molar-refractivity contribution in [1.82, 2.24) is 15.4 Å². The number of nitrogens with zero attached hydrogens (tertiary/aromatic N) is 3. The summed E-state index contributed by atoms with van der Waals surface area (Å²) in [6.45, 7) is 4.20. The van der Waals surface area contributed by atoms with Gasteiger partial charge in [-0.05, 0) is 38.8 Å². The molecule has 114 valence electrons. The second-order valence-corrected chi connectivity index (χ2v) is 5.39. The fraction of sp³-hybridized carbons (Fsp3) is 0.500. The Hall–Kier alpha value is -2.15. The smallest absolute Gasteiger partial charge is 0.284 e. The maximum Gasteiger partial charge on any atom is 0.284 e. The lowest BCUT2D eigenvalue weighted by Gasteiger charge is -2.38. The summed E-state index contributed by atoms with van der Waals surface area (Å²) >= 11 is 0. The van der Waals surface area contributed by atoms with Gasteiger partial charge in [-0.15, -0.1) is 0 Å². The van der Waals surface area contributed by atoms with Crippen molar-refractivity contribution in [2.24, 2.45) is 10.9 Å². The zero-order valence-corrected chi connectivity index (χ0v) is 12.3. The molecule has 2 unspecified atom stereocenters. The number of carbonyl (C=O) groups excluding carboxylic acids is 1. The van der Waals surface area contributed by atoms with Crippen LogP contribution in [0.5, 0.6) is 0 Å². The van der Waals surface area contributed by atoms with Gasteiger partial charge in [-0.25, -0.2) is 5.01 Å². The summed E-state index contributed by atoms with van der Waals surface area (Å²) in [7, 11) is 0. The standard InChI is InChI=1S/C14H21N5O2/c1-9-4-3-5-10(2)19(9)17-14(20)12-7-6-11(8-16-12)13(15)18-21/h6-10,21H,3-5H2,1-2H3,(H2,15,18)(H,17,20). The third kappa shape index (κ3) is 3.49. The number of hydrogen-bond acceptors (Lipinski definition) is 5. The van der Waals surface area contributed by atoms with Crippen LogP contribution in [0.1, 0.15) is 49.2 Å². The molecule has 0 radical (unpaired) electrons. The molecule has 1 saturated heterocycles. The van der Waals surface area contributed by atoms with E-state index in [-0.39, 0.29) is 11.7 Å². The van der Waals surface area contributed by atoms with E-state index in [4.69, 9.17) is 10.9 Å². The predicted molar refractivity (Wildman–Crippen MR) is 78.8 cm³/mol. The van der Waals surface area contributed by atoms with E-state index in [1.165, 1.54) is 12.6 Å². The van der Waals surface area contributed by atoms with Crippen LogP contribution in [0, 0.1) is 0 Å². The molecule has 0 spiro atoms. The Bertz CT molecular complexity index is 519. The van der Waals surface area contributed by atoms with Crippen molar-refractivity contribution in [3.63, 3.8) is 0 Å². The normalized spacial score (nSPS) is 23.8. The molecule has 21 heavy (non-hydrogen) atoms. The lowest BCUT2D eigenvalue weighted by atomic mass is 10.00. The van der Waals surface area contributed by atoms with Crippen LogP contribution in [0.15, 0.2) is 23.5 Å². The summed E-state index contributed by atoms with van der Waals surface area (Å²) in [5.41, 5.74) is 9.14. The Kier molecular flexibility index (Phi) is 4.74. The van der Waals surface area contributed by atoms with Crippen LogP contribution in [0.4, 0.5) is 0 Å². The number of piperidine rings is 1. The topological polar surface area (TPSA) is 104 Å². The van der Waals surface area contributed by atoms with E-state index in [0.29, 0.717) is 23.3 Å². The Morgan fingerprint density at radius 2 is 2.10 bits per heavy atom. The van der Waals surface area contributed by atoms with E-state index >= 15 is 0 Å². The molecule has 2 heterocycles. The van der Waals surface area contributed by atoms with E-state index in [2.05, 4.69) is 29.4 Å². The van der Waals surface area contributed by atoms with Gasteiger partial charge in [0.25, 0.3) is 5.91 Å². The Balaban J connectivity index is 2.06. The van der Waals surface area contributed by atoms with Gasteiger partial charge in [0, 0.05) is 23.8 Å². The number of oxime groups is 1. The predicted octanol–water partition coefficient (Wildman–Crippen LogP) is 1.08. The summed E-state index contributed by atoms with van der Waals surface area (Å²) in [6, 6.07) is 3.78. The number of nitrogens with one attached hydrogen (secondary N) is 1. The van der Waals surface area contributed by atoms with Crippen molar-refractivity contribution in [2.75, 3.05) is 0 Å². The quantitative estimate of drug-likeness (QED) is 0.335. The summed E-state index contributed by atoms with van der Waals surface area (Å²) in [5, 5.41) is 13.5. The average molecular weight is 291 g/mol. The Morgan fingerprint density at radius 1 is 1.43 bits per heavy atom. The van der Waals surface area contributed by atoms with Crippen molar-refractivity contribution < 1.29 is 10.0 Å². The first-order chi connectivity index (χ1) is 10.0. The molecule has 7 nitrogen and oxygen atoms in total. The van der Waals surface area contributed by atoms with Gasteiger partial charge in [0.15, 0.2) is 5.84 Å². The number of aromatic nitrogens is 1. The van der Waals surface area contributed by atoms with Crippen molar-refractivity contribution in [2.45, 2.75) is 45.2 Å². The van der Waals surface area contributed by atoms with Crippen LogP contribution in [-0.2, 0) is 0 Å². The number of hydrazine groups is 1. The highest BCUT2D eigenvalue weighted by Crippen LogP contribution is 2.20. The van der Waals surface area contributed by atoms with Crippen LogP contribution in [0.25, 0.3) is 0 Å². The molecule has 2 atom stereocenters. The van der Waals surface area contributed by atoms with Crippen molar-refractivity contribution in [3.05, 3.63) is 29.6 Å². The molecule has 7 heteroatoms. The largest absolute Gasteiger partial charge is 0.409 e. The van der Waals surface area contributed by atoms with Gasteiger partial charge in [-0.1, -0.05) is 11.6 Å². The first kappa shape index (κ1) is 15.2. The van der Waals surface area contributed by atoms with Crippen LogP contribution < -0.4 is 11.2 Å². The van der Waals surface area contributed by atoms with Gasteiger partial charge in [0.2, 0.25) is 0 Å². The minimum atomic E-state index is -0.248. The SMILES string of the molecule is CC1CCCC(C)N1NC(=O)c1ccc(/C(N)=N/O)cn1. The van der Waals surface area contributed by atoms with E-state index in [1.54, 1.807) is 12.1 Å². The van der Waals surface area contributed by atoms with Crippen LogP contribution in [-0.4, -0.2) is 39.0 Å². The first-order valence-corrected chi connectivity index (χ1v) is 7.06. The second kappa shape index (κ2) is 6.53. The van der Waals surface area contributed by atoms with Crippen LogP contribution >= 0.6 is 0 Å². The molecule has 1 amide bonds. The summed E-state index contributed by atoms with van der Waals surface area (Å²) < 4.78 is 0. The number of carbonyl (C=O) groups is 1. The van der Waals surface area contributed by atoms with Crippen LogP contribution in [0.2, 0.25) is 0 Å². The van der Waals surface area contributed by atoms with E-state index < -0.39 is 0 Å². The fourth-order valence-corrected chi connectivity index (χ4v) is 2.55. The lowest BCUT2D eigenvalue weighted by molar-refractivity contribution is 0.0366. The maximum absolute atomic E-state index is 12.2. The van der Waals surface area contributed by atoms with Crippen molar-refractivity contribution in [1.29, 1.82) is 0 Å². The summed E-state index contributed by atoms with van der Waals surface area (Å²) in [6.07, 6.45) is 4.73. The highest BCUT2D eigenvalue weighted by Gasteiger charge is 2.26. The number of nitrogens with two attached hydrogens (primary N) is 1. The van der Waals surface area contributed by atoms with Gasteiger partial charge < -0.3 is 10.9 Å². The molecule has 0 aromatic carbocycles. The van der Waals surface area contributed by atoms with E-state index in [1.807, 2.05) is 5.01 Å². The third-order valence-electron chi connectivity index (χ3n) is 3.82. The number of pyridine rings is 1.